The van der Waals surface area contributed by atoms with E-state index >= 15 is 0 Å². The zero-order valence-corrected chi connectivity index (χ0v) is 24.5. The molecule has 1 aromatic heterocycles. The summed E-state index contributed by atoms with van der Waals surface area (Å²) in [6.07, 6.45) is 3.65. The molecule has 2 aliphatic heterocycles. The Balaban J connectivity index is 1.14. The number of allylic oxidation sites excluding steroid dienone is 1. The summed E-state index contributed by atoms with van der Waals surface area (Å²) in [4.78, 5) is 19.8. The standard InChI is InChI=1S/C35H25ClN2O4S/c36-28-8-4-3-7-26(28)33-27-15-12-23-5-1-2-6-25(23)32(27)37-35-38(33)34(39)31(43-35)18-21-9-13-24(14-10-21)40-19-22-11-16-29-30(17-22)42-20-41-29/h1-11,13-14,16-18,33H,12,15,19-20H2/t33-/m0/s1. The normalized spacial score (nSPS) is 16.8. The van der Waals surface area contributed by atoms with Crippen LogP contribution < -0.4 is 29.1 Å². The van der Waals surface area contributed by atoms with Gasteiger partial charge in [-0.2, -0.15) is 0 Å². The van der Waals surface area contributed by atoms with Crippen LogP contribution in [0.2, 0.25) is 5.02 Å². The van der Waals surface area contributed by atoms with Crippen molar-refractivity contribution in [1.29, 1.82) is 0 Å². The molecule has 0 radical (unpaired) electrons. The molecule has 43 heavy (non-hydrogen) atoms. The molecule has 0 N–H and O–H groups in total. The second-order valence-corrected chi connectivity index (χ2v) is 12.1. The molecule has 4 aromatic carbocycles. The van der Waals surface area contributed by atoms with Crippen LogP contribution in [-0.2, 0) is 13.0 Å². The van der Waals surface area contributed by atoms with E-state index in [1.54, 1.807) is 0 Å². The molecule has 0 saturated carbocycles. The molecule has 0 unspecified atom stereocenters. The first kappa shape index (κ1) is 26.1. The van der Waals surface area contributed by atoms with Crippen molar-refractivity contribution in [3.8, 4) is 17.2 Å². The molecule has 8 rings (SSSR count). The van der Waals surface area contributed by atoms with Gasteiger partial charge < -0.3 is 14.2 Å². The van der Waals surface area contributed by atoms with E-state index in [0.717, 1.165) is 63.6 Å². The van der Waals surface area contributed by atoms with E-state index in [4.69, 9.17) is 30.8 Å². The number of halogens is 1. The fourth-order valence-electron chi connectivity index (χ4n) is 6.00. The number of ether oxygens (including phenoxy) is 3. The number of benzene rings is 4. The minimum Gasteiger partial charge on any atom is -0.489 e. The van der Waals surface area contributed by atoms with Crippen molar-refractivity contribution in [2.75, 3.05) is 6.79 Å². The van der Waals surface area contributed by atoms with E-state index in [9.17, 15) is 4.79 Å². The van der Waals surface area contributed by atoms with Crippen LogP contribution in [0.25, 0.3) is 11.8 Å². The molecule has 0 amide bonds. The van der Waals surface area contributed by atoms with Crippen molar-refractivity contribution < 1.29 is 14.2 Å². The molecular formula is C35H25ClN2O4S. The minimum atomic E-state index is -0.303. The molecule has 3 aliphatic rings. The maximum Gasteiger partial charge on any atom is 0.271 e. The Hall–Kier alpha value is -4.59. The third kappa shape index (κ3) is 4.65. The Labute approximate surface area is 256 Å². The highest BCUT2D eigenvalue weighted by Crippen LogP contribution is 2.42. The van der Waals surface area contributed by atoms with Crippen LogP contribution in [-0.4, -0.2) is 11.4 Å². The number of hydrogen-bond acceptors (Lipinski definition) is 6. The van der Waals surface area contributed by atoms with E-state index in [1.165, 1.54) is 16.9 Å². The molecule has 0 saturated heterocycles. The number of nitrogens with zero attached hydrogens (tertiary/aromatic N) is 2. The predicted molar refractivity (Wildman–Crippen MR) is 168 cm³/mol. The topological polar surface area (TPSA) is 62.1 Å². The van der Waals surface area contributed by atoms with Crippen LogP contribution >= 0.6 is 22.9 Å². The van der Waals surface area contributed by atoms with Gasteiger partial charge in [-0.05, 0) is 77.1 Å². The first-order chi connectivity index (χ1) is 21.1. The van der Waals surface area contributed by atoms with Crippen LogP contribution in [0.3, 0.4) is 0 Å². The van der Waals surface area contributed by atoms with Gasteiger partial charge in [-0.15, -0.1) is 0 Å². The predicted octanol–water partition coefficient (Wildman–Crippen LogP) is 6.28. The number of thiazole rings is 1. The molecule has 0 spiro atoms. The fourth-order valence-corrected chi connectivity index (χ4v) is 7.24. The van der Waals surface area contributed by atoms with Gasteiger partial charge in [0.15, 0.2) is 16.3 Å². The molecule has 8 heteroatoms. The first-order valence-electron chi connectivity index (χ1n) is 14.1. The summed E-state index contributed by atoms with van der Waals surface area (Å²) in [5, 5.41) is 0.644. The van der Waals surface area contributed by atoms with E-state index in [1.807, 2.05) is 83.4 Å². The van der Waals surface area contributed by atoms with E-state index in [2.05, 4.69) is 18.2 Å². The lowest BCUT2D eigenvalue weighted by Crippen LogP contribution is -2.38. The Kier molecular flexibility index (Phi) is 6.42. The van der Waals surface area contributed by atoms with Crippen molar-refractivity contribution in [3.05, 3.63) is 149 Å². The second kappa shape index (κ2) is 10.6. The van der Waals surface area contributed by atoms with Crippen LogP contribution in [0.1, 0.15) is 40.3 Å². The van der Waals surface area contributed by atoms with Crippen molar-refractivity contribution in [3.63, 3.8) is 0 Å². The minimum absolute atomic E-state index is 0.0674. The Morgan fingerprint density at radius 3 is 2.65 bits per heavy atom. The highest BCUT2D eigenvalue weighted by molar-refractivity contribution is 7.07. The third-order valence-electron chi connectivity index (χ3n) is 8.09. The monoisotopic (exact) mass is 604 g/mol. The number of rotatable bonds is 5. The lowest BCUT2D eigenvalue weighted by atomic mass is 9.83. The average molecular weight is 605 g/mol. The van der Waals surface area contributed by atoms with E-state index in [-0.39, 0.29) is 18.4 Å². The van der Waals surface area contributed by atoms with Crippen molar-refractivity contribution >= 4 is 34.7 Å². The highest BCUT2D eigenvalue weighted by atomic mass is 35.5. The van der Waals surface area contributed by atoms with Crippen LogP contribution in [0.4, 0.5) is 0 Å². The third-order valence-corrected chi connectivity index (χ3v) is 9.42. The van der Waals surface area contributed by atoms with Gasteiger partial charge in [0, 0.05) is 10.6 Å². The smallest absolute Gasteiger partial charge is 0.271 e. The summed E-state index contributed by atoms with van der Waals surface area (Å²) < 4.78 is 19.3. The summed E-state index contributed by atoms with van der Waals surface area (Å²) in [6, 6.07) is 29.4. The number of hydrogen-bond donors (Lipinski definition) is 0. The molecule has 1 atom stereocenters. The van der Waals surface area contributed by atoms with Crippen LogP contribution in [0.15, 0.2) is 106 Å². The maximum absolute atomic E-state index is 14.0. The van der Waals surface area contributed by atoms with E-state index < -0.39 is 0 Å². The molecule has 1 aliphatic carbocycles. The summed E-state index contributed by atoms with van der Waals surface area (Å²) in [5.41, 5.74) is 7.26. The van der Waals surface area contributed by atoms with Gasteiger partial charge in [-0.1, -0.05) is 83.6 Å². The molecule has 212 valence electrons. The zero-order valence-electron chi connectivity index (χ0n) is 23.0. The molecule has 0 bridgehead atoms. The van der Waals surface area contributed by atoms with Gasteiger partial charge in [0.1, 0.15) is 12.4 Å². The van der Waals surface area contributed by atoms with Crippen molar-refractivity contribution in [1.82, 2.24) is 4.57 Å². The Morgan fingerprint density at radius 2 is 1.77 bits per heavy atom. The quantitative estimate of drug-likeness (QED) is 0.237. The van der Waals surface area contributed by atoms with Crippen LogP contribution in [0.5, 0.6) is 17.2 Å². The lowest BCUT2D eigenvalue weighted by molar-refractivity contribution is 0.174. The Bertz CT molecular complexity index is 2110. The zero-order chi connectivity index (χ0) is 28.9. The number of fused-ring (bicyclic) bond motifs is 4. The van der Waals surface area contributed by atoms with Gasteiger partial charge in [0.2, 0.25) is 6.79 Å². The highest BCUT2D eigenvalue weighted by Gasteiger charge is 2.33. The maximum atomic E-state index is 14.0. The van der Waals surface area contributed by atoms with E-state index in [0.29, 0.717) is 21.0 Å². The lowest BCUT2D eigenvalue weighted by Gasteiger charge is -2.31. The number of aromatic nitrogens is 1. The van der Waals surface area contributed by atoms with Gasteiger partial charge in [-0.25, -0.2) is 4.99 Å². The molecule has 5 aromatic rings. The van der Waals surface area contributed by atoms with Crippen molar-refractivity contribution in [2.24, 2.45) is 4.99 Å². The molecule has 0 fully saturated rings. The van der Waals surface area contributed by atoms with Gasteiger partial charge >= 0.3 is 0 Å². The first-order valence-corrected chi connectivity index (χ1v) is 15.3. The number of aryl methyl sites for hydroxylation is 1. The summed E-state index contributed by atoms with van der Waals surface area (Å²) in [5.74, 6) is 2.22. The second-order valence-electron chi connectivity index (χ2n) is 10.7. The molecular weight excluding hydrogens is 580 g/mol. The molecule has 3 heterocycles. The SMILES string of the molecule is O=c1c(=Cc2ccc(OCc3ccc4c(c3)OCO4)cc2)sc2n1[C@@H](c1ccccc1Cl)C1=C(N=2)c2ccccc2CC1. The van der Waals surface area contributed by atoms with Crippen LogP contribution in [0, 0.1) is 0 Å². The summed E-state index contributed by atoms with van der Waals surface area (Å²) >= 11 is 8.16. The molecule has 6 nitrogen and oxygen atoms in total. The fraction of sp³-hybridized carbons (Fsp3) is 0.143. The Morgan fingerprint density at radius 1 is 0.953 bits per heavy atom. The van der Waals surface area contributed by atoms with Gasteiger partial charge in [0.25, 0.3) is 5.56 Å². The van der Waals surface area contributed by atoms with Gasteiger partial charge in [0.05, 0.1) is 16.3 Å². The van der Waals surface area contributed by atoms with Crippen molar-refractivity contribution in [2.45, 2.75) is 25.5 Å². The summed E-state index contributed by atoms with van der Waals surface area (Å²) in [7, 11) is 0. The average Bonchev–Trinajstić information content (AvgIpc) is 3.63. The summed E-state index contributed by atoms with van der Waals surface area (Å²) in [6.45, 7) is 0.653. The van der Waals surface area contributed by atoms with Gasteiger partial charge in [-0.3, -0.25) is 9.36 Å². The largest absolute Gasteiger partial charge is 0.489 e.